The Balaban J connectivity index is 1.19. The third-order valence-corrected chi connectivity index (χ3v) is 8.33. The molecule has 3 heterocycles. The summed E-state index contributed by atoms with van der Waals surface area (Å²) < 4.78 is 10.9. The molecule has 0 aliphatic carbocycles. The number of aromatic nitrogens is 2. The zero-order chi connectivity index (χ0) is 31.2. The molecule has 0 saturated carbocycles. The molecule has 234 valence electrons. The summed E-state index contributed by atoms with van der Waals surface area (Å²) in [5.41, 5.74) is 3.63. The van der Waals surface area contributed by atoms with Crippen LogP contribution in [0.3, 0.4) is 0 Å². The third-order valence-electron chi connectivity index (χ3n) is 8.33. The molecule has 5 rings (SSSR count). The summed E-state index contributed by atoms with van der Waals surface area (Å²) in [5, 5.41) is 2.52. The number of hydrogen-bond acceptors (Lipinski definition) is 8. The van der Waals surface area contributed by atoms with Crippen LogP contribution in [-0.2, 0) is 26.4 Å². The highest BCUT2D eigenvalue weighted by molar-refractivity contribution is 5.82. The first-order chi connectivity index (χ1) is 21.1. The molecule has 2 aliphatic rings. The van der Waals surface area contributed by atoms with E-state index in [1.165, 1.54) is 5.56 Å². The average molecular weight is 601 g/mol. The number of carbonyl (C=O) groups excluding carboxylic acids is 2. The Morgan fingerprint density at radius 2 is 1.64 bits per heavy atom. The van der Waals surface area contributed by atoms with Gasteiger partial charge in [0.25, 0.3) is 0 Å². The fourth-order valence-corrected chi connectivity index (χ4v) is 6.05. The Hall–Kier alpha value is -4.02. The number of piperidine rings is 1. The summed E-state index contributed by atoms with van der Waals surface area (Å²) in [7, 11) is 1.72. The lowest BCUT2D eigenvalue weighted by atomic mass is 9.79. The first-order valence-corrected chi connectivity index (χ1v) is 15.4. The molecule has 0 bridgehead atoms. The number of hydrogen-bond donors (Lipinski definition) is 1. The molecule has 10 heteroatoms. The van der Waals surface area contributed by atoms with Crippen LogP contribution in [0.15, 0.2) is 67.0 Å². The van der Waals surface area contributed by atoms with Crippen molar-refractivity contribution < 1.29 is 19.1 Å². The van der Waals surface area contributed by atoms with Gasteiger partial charge in [-0.05, 0) is 56.4 Å². The van der Waals surface area contributed by atoms with Crippen LogP contribution in [0.2, 0.25) is 0 Å². The molecule has 2 amide bonds. The van der Waals surface area contributed by atoms with Gasteiger partial charge in [0.15, 0.2) is 0 Å². The van der Waals surface area contributed by atoms with Crippen molar-refractivity contribution in [2.24, 2.45) is 0 Å². The van der Waals surface area contributed by atoms with Gasteiger partial charge in [-0.2, -0.15) is 0 Å². The second kappa shape index (κ2) is 13.7. The first kappa shape index (κ1) is 31.4. The van der Waals surface area contributed by atoms with Crippen LogP contribution >= 0.6 is 0 Å². The fraction of sp³-hybridized carbons (Fsp3) is 0.471. The Kier molecular flexibility index (Phi) is 9.80. The van der Waals surface area contributed by atoms with Crippen molar-refractivity contribution in [3.05, 3.63) is 78.1 Å². The van der Waals surface area contributed by atoms with Crippen LogP contribution in [0.1, 0.15) is 44.7 Å². The highest BCUT2D eigenvalue weighted by Gasteiger charge is 2.42. The van der Waals surface area contributed by atoms with Crippen molar-refractivity contribution in [1.82, 2.24) is 25.1 Å². The van der Waals surface area contributed by atoms with Gasteiger partial charge in [0.2, 0.25) is 11.9 Å². The second-order valence-corrected chi connectivity index (χ2v) is 12.6. The molecule has 2 aliphatic heterocycles. The zero-order valence-electron chi connectivity index (χ0n) is 26.3. The van der Waals surface area contributed by atoms with Gasteiger partial charge < -0.3 is 24.6 Å². The van der Waals surface area contributed by atoms with Crippen LogP contribution in [0.25, 0.3) is 11.1 Å². The van der Waals surface area contributed by atoms with Crippen LogP contribution in [0, 0.1) is 0 Å². The quantitative estimate of drug-likeness (QED) is 0.405. The van der Waals surface area contributed by atoms with Gasteiger partial charge in [0.05, 0.1) is 13.2 Å². The minimum absolute atomic E-state index is 0.00224. The van der Waals surface area contributed by atoms with Gasteiger partial charge in [-0.15, -0.1) is 0 Å². The van der Waals surface area contributed by atoms with Gasteiger partial charge in [-0.25, -0.2) is 14.8 Å². The molecule has 2 fully saturated rings. The standard InChI is InChI=1S/C34H44N6O4/c1-33(2,3)44-32(42)37-24-30(41)38(4)25-26-9-8-10-27(21-26)28-22-35-31(36-23-28)39-15-13-34(14-16-39,29-11-6-5-7-12-29)40-17-19-43-20-18-40/h5-12,21-23H,13-20,24-25H2,1-4H3,(H,37,42). The van der Waals surface area contributed by atoms with Crippen molar-refractivity contribution in [3.8, 4) is 11.1 Å². The molecule has 2 saturated heterocycles. The molecule has 0 spiro atoms. The Morgan fingerprint density at radius 1 is 0.955 bits per heavy atom. The predicted molar refractivity (Wildman–Crippen MR) is 170 cm³/mol. The number of nitrogens with zero attached hydrogens (tertiary/aromatic N) is 5. The van der Waals surface area contributed by atoms with E-state index in [0.717, 1.165) is 74.9 Å². The lowest BCUT2D eigenvalue weighted by Crippen LogP contribution is -2.56. The van der Waals surface area contributed by atoms with Crippen LogP contribution in [-0.4, -0.2) is 90.4 Å². The Labute approximate surface area is 260 Å². The number of rotatable bonds is 8. The van der Waals surface area contributed by atoms with Gasteiger partial charge in [-0.1, -0.05) is 48.5 Å². The van der Waals surface area contributed by atoms with E-state index in [2.05, 4.69) is 45.4 Å². The van der Waals surface area contributed by atoms with E-state index in [1.54, 1.807) is 32.7 Å². The molecular weight excluding hydrogens is 556 g/mol. The van der Waals surface area contributed by atoms with Gasteiger partial charge in [-0.3, -0.25) is 9.69 Å². The molecule has 1 N–H and O–H groups in total. The smallest absolute Gasteiger partial charge is 0.408 e. The van der Waals surface area contributed by atoms with Crippen molar-refractivity contribution in [3.63, 3.8) is 0 Å². The maximum absolute atomic E-state index is 12.6. The minimum Gasteiger partial charge on any atom is -0.444 e. The fourth-order valence-electron chi connectivity index (χ4n) is 6.05. The van der Waals surface area contributed by atoms with Gasteiger partial charge >= 0.3 is 6.09 Å². The summed E-state index contributed by atoms with van der Waals surface area (Å²) in [6.45, 7) is 10.8. The van der Waals surface area contributed by atoms with Crippen molar-refractivity contribution in [2.75, 3.05) is 57.9 Å². The molecule has 2 aromatic carbocycles. The number of carbonyl (C=O) groups is 2. The molecule has 10 nitrogen and oxygen atoms in total. The SMILES string of the molecule is CN(Cc1cccc(-c2cnc(N3CCC(c4ccccc4)(N4CCOCC4)CC3)nc2)c1)C(=O)CNC(=O)OC(C)(C)C. The van der Waals surface area contributed by atoms with Gasteiger partial charge in [0, 0.05) is 63.3 Å². The summed E-state index contributed by atoms with van der Waals surface area (Å²) in [6.07, 6.45) is 5.15. The minimum atomic E-state index is -0.619. The monoisotopic (exact) mass is 600 g/mol. The number of ether oxygens (including phenoxy) is 2. The van der Waals surface area contributed by atoms with Gasteiger partial charge in [0.1, 0.15) is 12.1 Å². The summed E-state index contributed by atoms with van der Waals surface area (Å²) in [5.74, 6) is 0.539. The normalized spacial score (nSPS) is 17.1. The third kappa shape index (κ3) is 7.73. The van der Waals surface area contributed by atoms with E-state index in [1.807, 2.05) is 36.7 Å². The van der Waals surface area contributed by atoms with E-state index in [9.17, 15) is 9.59 Å². The molecule has 3 aromatic rings. The van der Waals surface area contributed by atoms with Crippen LogP contribution in [0.4, 0.5) is 10.7 Å². The molecular formula is C34H44N6O4. The Morgan fingerprint density at radius 3 is 2.30 bits per heavy atom. The van der Waals surface area contributed by atoms with E-state index in [-0.39, 0.29) is 18.0 Å². The van der Waals surface area contributed by atoms with Crippen molar-refractivity contribution in [1.29, 1.82) is 0 Å². The number of likely N-dealkylation sites (N-methyl/N-ethyl adjacent to an activating group) is 1. The van der Waals surface area contributed by atoms with E-state index < -0.39 is 11.7 Å². The van der Waals surface area contributed by atoms with E-state index in [4.69, 9.17) is 19.4 Å². The highest BCUT2D eigenvalue weighted by atomic mass is 16.6. The van der Waals surface area contributed by atoms with Crippen molar-refractivity contribution in [2.45, 2.75) is 51.3 Å². The molecule has 0 atom stereocenters. The largest absolute Gasteiger partial charge is 0.444 e. The summed E-state index contributed by atoms with van der Waals surface area (Å²) in [4.78, 5) is 40.5. The van der Waals surface area contributed by atoms with E-state index in [0.29, 0.717) is 6.54 Å². The summed E-state index contributed by atoms with van der Waals surface area (Å²) in [6, 6.07) is 18.9. The first-order valence-electron chi connectivity index (χ1n) is 15.4. The number of nitrogens with one attached hydrogen (secondary N) is 1. The maximum atomic E-state index is 12.6. The molecule has 1 aromatic heterocycles. The number of alkyl carbamates (subject to hydrolysis) is 1. The van der Waals surface area contributed by atoms with Crippen LogP contribution < -0.4 is 10.2 Å². The molecule has 0 radical (unpaired) electrons. The maximum Gasteiger partial charge on any atom is 0.408 e. The number of morpholine rings is 1. The second-order valence-electron chi connectivity index (χ2n) is 12.6. The van der Waals surface area contributed by atoms with E-state index >= 15 is 0 Å². The number of anilines is 1. The molecule has 0 unspecified atom stereocenters. The predicted octanol–water partition coefficient (Wildman–Crippen LogP) is 4.45. The summed E-state index contributed by atoms with van der Waals surface area (Å²) >= 11 is 0. The van der Waals surface area contributed by atoms with Crippen molar-refractivity contribution >= 4 is 17.9 Å². The average Bonchev–Trinajstić information content (AvgIpc) is 3.04. The topological polar surface area (TPSA) is 100 Å². The number of benzene rings is 2. The number of amides is 2. The lowest BCUT2D eigenvalue weighted by molar-refractivity contribution is -0.129. The zero-order valence-corrected chi connectivity index (χ0v) is 26.3. The van der Waals surface area contributed by atoms with Crippen LogP contribution in [0.5, 0.6) is 0 Å². The molecule has 44 heavy (non-hydrogen) atoms. The lowest BCUT2D eigenvalue weighted by Gasteiger charge is -2.50. The highest BCUT2D eigenvalue weighted by Crippen LogP contribution is 2.40. The Bertz CT molecular complexity index is 1400.